The largest absolute Gasteiger partial charge is 0.484 e. The van der Waals surface area contributed by atoms with Crippen LogP contribution in [0.4, 0.5) is 0 Å². The van der Waals surface area contributed by atoms with Crippen LogP contribution in [0.3, 0.4) is 0 Å². The first-order valence-electron chi connectivity index (χ1n) is 3.16. The molecule has 0 amide bonds. The van der Waals surface area contributed by atoms with E-state index in [0.29, 0.717) is 11.7 Å². The molecule has 4 heteroatoms. The fourth-order valence-electron chi connectivity index (χ4n) is 0.869. The lowest BCUT2D eigenvalue weighted by atomic mass is 10.4. The number of nitriles is 1. The minimum Gasteiger partial charge on any atom is -0.484 e. The first-order valence-corrected chi connectivity index (χ1v) is 4.04. The summed E-state index contributed by atoms with van der Waals surface area (Å²) >= 11 is 1.45. The van der Waals surface area contributed by atoms with E-state index in [1.54, 1.807) is 0 Å². The van der Waals surface area contributed by atoms with Crippen molar-refractivity contribution in [2.75, 3.05) is 6.61 Å². The van der Waals surface area contributed by atoms with Crippen LogP contribution in [0.5, 0.6) is 10.8 Å². The van der Waals surface area contributed by atoms with E-state index in [9.17, 15) is 0 Å². The molecule has 1 aromatic heterocycles. The van der Waals surface area contributed by atoms with Crippen LogP contribution in [0.25, 0.3) is 0 Å². The van der Waals surface area contributed by atoms with E-state index in [1.165, 1.54) is 11.3 Å². The van der Waals surface area contributed by atoms with Gasteiger partial charge in [0.05, 0.1) is 0 Å². The summed E-state index contributed by atoms with van der Waals surface area (Å²) in [6, 6.07) is 3.83. The zero-order valence-corrected chi connectivity index (χ0v) is 6.43. The van der Waals surface area contributed by atoms with Crippen molar-refractivity contribution in [2.24, 2.45) is 0 Å². The second-order valence-corrected chi connectivity index (χ2v) is 3.00. The van der Waals surface area contributed by atoms with Gasteiger partial charge in [0.1, 0.15) is 12.7 Å². The zero-order valence-electron chi connectivity index (χ0n) is 5.61. The molecule has 0 spiro atoms. The number of hydrogen-bond donors (Lipinski definition) is 0. The summed E-state index contributed by atoms with van der Waals surface area (Å²) in [7, 11) is 0. The summed E-state index contributed by atoms with van der Waals surface area (Å²) in [4.78, 5) is 0. The lowest BCUT2D eigenvalue weighted by molar-refractivity contribution is 0.133. The molecule has 11 heavy (non-hydrogen) atoms. The van der Waals surface area contributed by atoms with Crippen LogP contribution in [0, 0.1) is 11.3 Å². The molecule has 0 aromatic carbocycles. The van der Waals surface area contributed by atoms with Gasteiger partial charge in [0, 0.05) is 0 Å². The van der Waals surface area contributed by atoms with Gasteiger partial charge in [0.15, 0.2) is 5.75 Å². The highest BCUT2D eigenvalue weighted by Gasteiger charge is 2.20. The zero-order chi connectivity index (χ0) is 7.68. The summed E-state index contributed by atoms with van der Waals surface area (Å²) in [6.07, 6.45) is -0.443. The summed E-state index contributed by atoms with van der Waals surface area (Å²) in [5.74, 6) is 0.751. The predicted molar refractivity (Wildman–Crippen MR) is 39.8 cm³/mol. The Kier molecular flexibility index (Phi) is 1.44. The fraction of sp³-hybridized carbons (Fsp3) is 0.286. The van der Waals surface area contributed by atoms with E-state index in [0.717, 1.165) is 5.75 Å². The smallest absolute Gasteiger partial charge is 0.219 e. The summed E-state index contributed by atoms with van der Waals surface area (Å²) in [5, 5.41) is 11.1. The van der Waals surface area contributed by atoms with Gasteiger partial charge in [-0.1, -0.05) is 0 Å². The molecular weight excluding hydrogens is 162 g/mol. The quantitative estimate of drug-likeness (QED) is 0.586. The molecule has 0 radical (unpaired) electrons. The monoisotopic (exact) mass is 167 g/mol. The highest BCUT2D eigenvalue weighted by Crippen LogP contribution is 2.36. The minimum atomic E-state index is -0.443. The van der Waals surface area contributed by atoms with Gasteiger partial charge in [-0.05, 0) is 11.4 Å². The lowest BCUT2D eigenvalue weighted by Gasteiger charge is -2.18. The van der Waals surface area contributed by atoms with Gasteiger partial charge >= 0.3 is 0 Å². The third-order valence-corrected chi connectivity index (χ3v) is 2.16. The van der Waals surface area contributed by atoms with Crippen molar-refractivity contribution in [3.8, 4) is 16.9 Å². The Morgan fingerprint density at radius 2 is 2.64 bits per heavy atom. The topological polar surface area (TPSA) is 42.2 Å². The van der Waals surface area contributed by atoms with E-state index >= 15 is 0 Å². The average Bonchev–Trinajstić information content (AvgIpc) is 2.50. The van der Waals surface area contributed by atoms with Crippen molar-refractivity contribution in [3.63, 3.8) is 0 Å². The second-order valence-electron chi connectivity index (χ2n) is 2.12. The number of hydrogen-bond acceptors (Lipinski definition) is 4. The maximum absolute atomic E-state index is 8.50. The fourth-order valence-corrected chi connectivity index (χ4v) is 1.60. The molecule has 1 aliphatic heterocycles. The number of thiophene rings is 1. The Bertz CT molecular complexity index is 302. The van der Waals surface area contributed by atoms with E-state index in [2.05, 4.69) is 0 Å². The molecule has 1 aliphatic rings. The van der Waals surface area contributed by atoms with Gasteiger partial charge in [-0.25, -0.2) is 0 Å². The van der Waals surface area contributed by atoms with Crippen LogP contribution in [-0.4, -0.2) is 12.7 Å². The number of rotatable bonds is 0. The SMILES string of the molecule is N#CC1COc2ccsc2O1. The number of ether oxygens (including phenoxy) is 2. The molecule has 0 fully saturated rings. The molecule has 2 rings (SSSR count). The van der Waals surface area contributed by atoms with Crippen molar-refractivity contribution >= 4 is 11.3 Å². The molecule has 1 aromatic rings. The van der Waals surface area contributed by atoms with Gasteiger partial charge in [0.25, 0.3) is 0 Å². The molecule has 0 N–H and O–H groups in total. The Balaban J connectivity index is 2.26. The van der Waals surface area contributed by atoms with Gasteiger partial charge < -0.3 is 9.47 Å². The second kappa shape index (κ2) is 2.44. The van der Waals surface area contributed by atoms with E-state index in [1.807, 2.05) is 17.5 Å². The molecule has 1 unspecified atom stereocenters. The van der Waals surface area contributed by atoms with E-state index < -0.39 is 6.10 Å². The summed E-state index contributed by atoms with van der Waals surface area (Å²) < 4.78 is 10.5. The van der Waals surface area contributed by atoms with E-state index in [-0.39, 0.29) is 0 Å². The Labute approximate surface area is 67.8 Å². The molecule has 0 aliphatic carbocycles. The summed E-state index contributed by atoms with van der Waals surface area (Å²) in [5.41, 5.74) is 0. The van der Waals surface area contributed by atoms with Crippen molar-refractivity contribution in [1.29, 1.82) is 5.26 Å². The Hall–Kier alpha value is -1.21. The number of nitrogens with zero attached hydrogens (tertiary/aromatic N) is 1. The molecule has 56 valence electrons. The maximum atomic E-state index is 8.50. The lowest BCUT2D eigenvalue weighted by Crippen LogP contribution is -2.26. The third-order valence-electron chi connectivity index (χ3n) is 1.38. The van der Waals surface area contributed by atoms with Crippen LogP contribution >= 0.6 is 11.3 Å². The van der Waals surface area contributed by atoms with Crippen LogP contribution < -0.4 is 9.47 Å². The van der Waals surface area contributed by atoms with Gasteiger partial charge in [-0.3, -0.25) is 0 Å². The van der Waals surface area contributed by atoms with Crippen LogP contribution in [-0.2, 0) is 0 Å². The van der Waals surface area contributed by atoms with Crippen LogP contribution in [0.15, 0.2) is 11.4 Å². The summed E-state index contributed by atoms with van der Waals surface area (Å²) in [6.45, 7) is 0.334. The van der Waals surface area contributed by atoms with Crippen molar-refractivity contribution in [2.45, 2.75) is 6.10 Å². The molecule has 0 bridgehead atoms. The average molecular weight is 167 g/mol. The normalized spacial score (nSPS) is 20.8. The van der Waals surface area contributed by atoms with Crippen LogP contribution in [0.1, 0.15) is 0 Å². The Morgan fingerprint density at radius 1 is 1.73 bits per heavy atom. The molecule has 0 saturated heterocycles. The molecule has 0 saturated carbocycles. The maximum Gasteiger partial charge on any atom is 0.219 e. The molecule has 3 nitrogen and oxygen atoms in total. The molecular formula is C7H5NO2S. The van der Waals surface area contributed by atoms with Crippen molar-refractivity contribution in [1.82, 2.24) is 0 Å². The van der Waals surface area contributed by atoms with Crippen molar-refractivity contribution < 1.29 is 9.47 Å². The first-order chi connectivity index (χ1) is 5.40. The number of fused-ring (bicyclic) bond motifs is 1. The molecule has 2 heterocycles. The van der Waals surface area contributed by atoms with E-state index in [4.69, 9.17) is 14.7 Å². The minimum absolute atomic E-state index is 0.334. The Morgan fingerprint density at radius 3 is 3.45 bits per heavy atom. The van der Waals surface area contributed by atoms with Gasteiger partial charge in [-0.15, -0.1) is 11.3 Å². The highest BCUT2D eigenvalue weighted by atomic mass is 32.1. The first kappa shape index (κ1) is 6.50. The standard InChI is InChI=1S/C7H5NO2S/c8-3-5-4-9-6-1-2-11-7(6)10-5/h1-2,5H,4H2. The predicted octanol–water partition coefficient (Wildman–Crippen LogP) is 1.41. The molecule has 1 atom stereocenters. The van der Waals surface area contributed by atoms with Crippen LogP contribution in [0.2, 0.25) is 0 Å². The third kappa shape index (κ3) is 1.03. The van der Waals surface area contributed by atoms with Gasteiger partial charge in [0.2, 0.25) is 11.2 Å². The van der Waals surface area contributed by atoms with Crippen molar-refractivity contribution in [3.05, 3.63) is 11.4 Å². The van der Waals surface area contributed by atoms with Gasteiger partial charge in [-0.2, -0.15) is 5.26 Å². The highest BCUT2D eigenvalue weighted by molar-refractivity contribution is 7.12.